The van der Waals surface area contributed by atoms with E-state index in [9.17, 15) is 28.8 Å². The number of unbranched alkanes of at least 4 members (excludes halogenated alkanes) is 1. The van der Waals surface area contributed by atoms with Crippen molar-refractivity contribution >= 4 is 9.84 Å². The van der Waals surface area contributed by atoms with Gasteiger partial charge in [-0.15, -0.1) is 0 Å². The molecule has 3 aromatic carbocycles. The third-order valence-electron chi connectivity index (χ3n) is 7.10. The van der Waals surface area contributed by atoms with Crippen LogP contribution >= 0.6 is 0 Å². The minimum atomic E-state index is -4.47. The standard InChI is InChI=1S/C32H30N4O4S/c1-4-6-10-29-35-31(37)30(32(38)36(29)28(5-2)25-9-7-8-22(17-25)19-33)41(39,40)26-15-13-24(14-16-26)27-18-23(20-34)12-11-21(27)3/h7-9,11-18,28,38H,4-6,10H2,1-3H3/t28-/m0/s1. The molecule has 41 heavy (non-hydrogen) atoms. The average Bonchev–Trinajstić information content (AvgIpc) is 2.98. The molecule has 0 aliphatic carbocycles. The molecule has 208 valence electrons. The van der Waals surface area contributed by atoms with E-state index in [-0.39, 0.29) is 10.7 Å². The first-order chi connectivity index (χ1) is 19.7. The SMILES string of the molecule is CCCCc1nc(=O)c(S(=O)(=O)c2ccc(-c3cc(C#N)ccc3C)cc2)c(O)n1[C@@H](CC)c1cccc(C#N)c1. The third-order valence-corrected chi connectivity index (χ3v) is 8.89. The van der Waals surface area contributed by atoms with E-state index in [0.717, 1.165) is 17.5 Å². The van der Waals surface area contributed by atoms with Crippen LogP contribution in [0.3, 0.4) is 0 Å². The fourth-order valence-electron chi connectivity index (χ4n) is 4.94. The summed E-state index contributed by atoms with van der Waals surface area (Å²) in [6.45, 7) is 5.75. The monoisotopic (exact) mass is 566 g/mol. The highest BCUT2D eigenvalue weighted by atomic mass is 32.2. The molecule has 0 bridgehead atoms. The van der Waals surface area contributed by atoms with Gasteiger partial charge in [0.05, 0.1) is 34.2 Å². The first-order valence-corrected chi connectivity index (χ1v) is 14.8. The summed E-state index contributed by atoms with van der Waals surface area (Å²) < 4.78 is 29.1. The molecule has 0 aliphatic heterocycles. The Balaban J connectivity index is 1.87. The molecule has 4 aromatic rings. The van der Waals surface area contributed by atoms with Gasteiger partial charge in [0.15, 0.2) is 4.90 Å². The quantitative estimate of drug-likeness (QED) is 0.269. The van der Waals surface area contributed by atoms with Crippen LogP contribution < -0.4 is 5.56 Å². The van der Waals surface area contributed by atoms with Crippen molar-refractivity contribution in [2.45, 2.75) is 62.3 Å². The number of benzene rings is 3. The maximum atomic E-state index is 13.8. The summed E-state index contributed by atoms with van der Waals surface area (Å²) in [4.78, 5) is 16.4. The molecule has 0 saturated heterocycles. The summed E-state index contributed by atoms with van der Waals surface area (Å²) in [6, 6.07) is 21.8. The molecule has 0 fully saturated rings. The topological polar surface area (TPSA) is 137 Å². The lowest BCUT2D eigenvalue weighted by Crippen LogP contribution is -2.27. The zero-order valence-electron chi connectivity index (χ0n) is 23.1. The number of nitrogens with zero attached hydrogens (tertiary/aromatic N) is 4. The highest BCUT2D eigenvalue weighted by molar-refractivity contribution is 7.91. The van der Waals surface area contributed by atoms with E-state index >= 15 is 0 Å². The van der Waals surface area contributed by atoms with Gasteiger partial charge in [0.1, 0.15) is 5.82 Å². The number of aryl methyl sites for hydroxylation is 2. The molecule has 1 heterocycles. The molecule has 8 nitrogen and oxygen atoms in total. The van der Waals surface area contributed by atoms with Crippen LogP contribution in [0.5, 0.6) is 5.88 Å². The second kappa shape index (κ2) is 12.2. The first-order valence-electron chi connectivity index (χ1n) is 13.4. The molecule has 0 amide bonds. The Labute approximate surface area is 239 Å². The first kappa shape index (κ1) is 29.3. The smallest absolute Gasteiger partial charge is 0.296 e. The van der Waals surface area contributed by atoms with Gasteiger partial charge in [-0.25, -0.2) is 8.42 Å². The summed E-state index contributed by atoms with van der Waals surface area (Å²) in [7, 11) is -4.47. The van der Waals surface area contributed by atoms with E-state index in [1.165, 1.54) is 16.7 Å². The van der Waals surface area contributed by atoms with Crippen molar-refractivity contribution in [2.75, 3.05) is 0 Å². The Morgan fingerprint density at radius 2 is 1.66 bits per heavy atom. The van der Waals surface area contributed by atoms with Crippen molar-refractivity contribution in [2.24, 2.45) is 0 Å². The molecule has 9 heteroatoms. The van der Waals surface area contributed by atoms with Gasteiger partial charge in [-0.2, -0.15) is 15.5 Å². The van der Waals surface area contributed by atoms with Crippen molar-refractivity contribution in [1.82, 2.24) is 9.55 Å². The maximum absolute atomic E-state index is 13.8. The Kier molecular flexibility index (Phi) is 8.71. The third kappa shape index (κ3) is 5.77. The maximum Gasteiger partial charge on any atom is 0.296 e. The van der Waals surface area contributed by atoms with Crippen molar-refractivity contribution in [3.63, 3.8) is 0 Å². The zero-order chi connectivity index (χ0) is 29.7. The van der Waals surface area contributed by atoms with Crippen LogP contribution in [-0.4, -0.2) is 23.1 Å². The number of nitriles is 2. The van der Waals surface area contributed by atoms with E-state index < -0.39 is 32.2 Å². The Bertz CT molecular complexity index is 1850. The van der Waals surface area contributed by atoms with Gasteiger partial charge in [-0.05, 0) is 78.4 Å². The van der Waals surface area contributed by atoms with E-state index in [0.29, 0.717) is 41.5 Å². The Morgan fingerprint density at radius 1 is 0.976 bits per heavy atom. The molecular weight excluding hydrogens is 536 g/mol. The van der Waals surface area contributed by atoms with Crippen LogP contribution in [0.15, 0.2) is 81.3 Å². The Morgan fingerprint density at radius 3 is 2.29 bits per heavy atom. The summed E-state index contributed by atoms with van der Waals surface area (Å²) in [5.74, 6) is -0.391. The second-order valence-electron chi connectivity index (χ2n) is 9.79. The highest BCUT2D eigenvalue weighted by Gasteiger charge is 2.32. The van der Waals surface area contributed by atoms with E-state index in [1.807, 2.05) is 26.8 Å². The lowest BCUT2D eigenvalue weighted by atomic mass is 9.98. The second-order valence-corrected chi connectivity index (χ2v) is 11.7. The lowest BCUT2D eigenvalue weighted by Gasteiger charge is -2.25. The van der Waals surface area contributed by atoms with Gasteiger partial charge < -0.3 is 5.11 Å². The molecule has 1 N–H and O–H groups in total. The van der Waals surface area contributed by atoms with Gasteiger partial charge in [0.2, 0.25) is 15.7 Å². The molecule has 1 atom stereocenters. The predicted octanol–water partition coefficient (Wildman–Crippen LogP) is 5.84. The van der Waals surface area contributed by atoms with Crippen LogP contribution in [0, 0.1) is 29.6 Å². The van der Waals surface area contributed by atoms with Gasteiger partial charge in [0, 0.05) is 6.42 Å². The molecular formula is C32H30N4O4S. The summed E-state index contributed by atoms with van der Waals surface area (Å²) >= 11 is 0. The van der Waals surface area contributed by atoms with E-state index in [4.69, 9.17) is 0 Å². The van der Waals surface area contributed by atoms with E-state index in [2.05, 4.69) is 17.1 Å². The number of hydrogen-bond donors (Lipinski definition) is 1. The van der Waals surface area contributed by atoms with Crippen LogP contribution in [0.25, 0.3) is 11.1 Å². The van der Waals surface area contributed by atoms with Gasteiger partial charge >= 0.3 is 0 Å². The van der Waals surface area contributed by atoms with Gasteiger partial charge in [-0.3, -0.25) is 9.36 Å². The van der Waals surface area contributed by atoms with Crippen molar-refractivity contribution < 1.29 is 13.5 Å². The summed E-state index contributed by atoms with van der Waals surface area (Å²) in [5.41, 5.74) is 2.97. The zero-order valence-corrected chi connectivity index (χ0v) is 23.9. The lowest BCUT2D eigenvalue weighted by molar-refractivity contribution is 0.358. The highest BCUT2D eigenvalue weighted by Crippen LogP contribution is 2.34. The average molecular weight is 567 g/mol. The van der Waals surface area contributed by atoms with Crippen LogP contribution in [0.1, 0.15) is 67.2 Å². The summed E-state index contributed by atoms with van der Waals surface area (Å²) in [5, 5.41) is 30.2. The molecule has 0 spiro atoms. The van der Waals surface area contributed by atoms with Crippen LogP contribution in [-0.2, 0) is 16.3 Å². The predicted molar refractivity (Wildman–Crippen MR) is 155 cm³/mol. The molecule has 0 unspecified atom stereocenters. The number of rotatable bonds is 9. The summed E-state index contributed by atoms with van der Waals surface area (Å²) in [6.07, 6.45) is 2.30. The van der Waals surface area contributed by atoms with Gasteiger partial charge in [0.25, 0.3) is 5.56 Å². The Hall–Kier alpha value is -4.73. The molecule has 0 radical (unpaired) electrons. The van der Waals surface area contributed by atoms with Crippen LogP contribution in [0.4, 0.5) is 0 Å². The number of aromatic hydroxyl groups is 1. The molecule has 4 rings (SSSR count). The fourth-order valence-corrected chi connectivity index (χ4v) is 6.28. The van der Waals surface area contributed by atoms with Crippen molar-refractivity contribution in [1.29, 1.82) is 10.5 Å². The number of hydrogen-bond acceptors (Lipinski definition) is 7. The van der Waals surface area contributed by atoms with Crippen molar-refractivity contribution in [3.8, 4) is 29.1 Å². The van der Waals surface area contributed by atoms with E-state index in [1.54, 1.807) is 48.5 Å². The largest absolute Gasteiger partial charge is 0.493 e. The number of aromatic nitrogens is 2. The minimum absolute atomic E-state index is 0.170. The van der Waals surface area contributed by atoms with Crippen LogP contribution in [0.2, 0.25) is 0 Å². The molecule has 1 aromatic heterocycles. The molecule has 0 aliphatic rings. The number of sulfone groups is 1. The van der Waals surface area contributed by atoms with Crippen molar-refractivity contribution in [3.05, 3.63) is 105 Å². The molecule has 0 saturated carbocycles. The van der Waals surface area contributed by atoms with Gasteiger partial charge in [-0.1, -0.05) is 50.6 Å². The minimum Gasteiger partial charge on any atom is -0.493 e. The normalized spacial score (nSPS) is 11.9. The fraction of sp³-hybridized carbons (Fsp3) is 0.250.